The molecule has 2 aromatic rings. The highest BCUT2D eigenvalue weighted by molar-refractivity contribution is 5.62. The Morgan fingerprint density at radius 1 is 0.792 bits per heavy atom. The Morgan fingerprint density at radius 3 is 2.00 bits per heavy atom. The Morgan fingerprint density at radius 2 is 1.38 bits per heavy atom. The maximum atomic E-state index is 2.47. The lowest BCUT2D eigenvalue weighted by atomic mass is 9.92. The molecule has 0 unspecified atom stereocenters. The van der Waals surface area contributed by atoms with Gasteiger partial charge in [0, 0.05) is 17.2 Å². The lowest BCUT2D eigenvalue weighted by Crippen LogP contribution is -2.31. The summed E-state index contributed by atoms with van der Waals surface area (Å²) in [5.74, 6) is 1.57. The largest absolute Gasteiger partial charge is 0.212 e. The van der Waals surface area contributed by atoms with Crippen molar-refractivity contribution in [2.75, 3.05) is 0 Å². The van der Waals surface area contributed by atoms with Crippen molar-refractivity contribution in [3.63, 3.8) is 0 Å². The topological polar surface area (TPSA) is 3.88 Å². The minimum atomic E-state index is 0.785. The van der Waals surface area contributed by atoms with Crippen LogP contribution in [0.25, 0.3) is 11.3 Å². The molecule has 126 valence electrons. The van der Waals surface area contributed by atoms with Crippen molar-refractivity contribution in [1.29, 1.82) is 0 Å². The van der Waals surface area contributed by atoms with Crippen molar-refractivity contribution in [1.82, 2.24) is 0 Å². The van der Waals surface area contributed by atoms with Gasteiger partial charge in [-0.05, 0) is 67.7 Å². The van der Waals surface area contributed by atoms with Gasteiger partial charge in [0.2, 0.25) is 5.69 Å². The quantitative estimate of drug-likeness (QED) is 0.629. The van der Waals surface area contributed by atoms with Crippen molar-refractivity contribution in [2.45, 2.75) is 70.1 Å². The van der Waals surface area contributed by atoms with Crippen molar-refractivity contribution in [3.8, 4) is 11.3 Å². The Kier molecular flexibility index (Phi) is 4.43. The summed E-state index contributed by atoms with van der Waals surface area (Å²) < 4.78 is 2.36. The molecule has 0 bridgehead atoms. The van der Waals surface area contributed by atoms with E-state index in [2.05, 4.69) is 55.1 Å². The van der Waals surface area contributed by atoms with Crippen molar-refractivity contribution in [3.05, 3.63) is 53.2 Å². The molecule has 0 aliphatic heterocycles. The summed E-state index contributed by atoms with van der Waals surface area (Å²) in [6.45, 7) is 2.25. The van der Waals surface area contributed by atoms with Crippen LogP contribution in [0.3, 0.4) is 0 Å². The van der Waals surface area contributed by atoms with E-state index in [4.69, 9.17) is 0 Å². The maximum Gasteiger partial charge on any atom is 0.212 e. The van der Waals surface area contributed by atoms with E-state index in [1.807, 2.05) is 0 Å². The maximum absolute atomic E-state index is 2.47. The number of pyridine rings is 1. The summed E-state index contributed by atoms with van der Waals surface area (Å²) in [6, 6.07) is 11.9. The third-order valence-corrected chi connectivity index (χ3v) is 6.35. The zero-order chi connectivity index (χ0) is 16.5. The molecule has 0 radical (unpaired) electrons. The first-order chi connectivity index (χ1) is 11.7. The summed E-state index contributed by atoms with van der Waals surface area (Å²) in [5, 5.41) is 0. The fraction of sp³-hybridized carbons (Fsp3) is 0.522. The Bertz CT molecular complexity index is 719. The number of hydrogen-bond donors (Lipinski definition) is 0. The second-order valence-corrected chi connectivity index (χ2v) is 8.00. The Hall–Kier alpha value is -1.63. The lowest BCUT2D eigenvalue weighted by Gasteiger charge is -2.14. The van der Waals surface area contributed by atoms with Gasteiger partial charge >= 0.3 is 0 Å². The lowest BCUT2D eigenvalue weighted by molar-refractivity contribution is -0.660. The van der Waals surface area contributed by atoms with E-state index in [1.54, 1.807) is 5.56 Å². The normalized spacial score (nSPS) is 19.2. The van der Waals surface area contributed by atoms with Crippen LogP contribution in [-0.2, 0) is 7.05 Å². The predicted molar refractivity (Wildman–Crippen MR) is 100 cm³/mol. The molecule has 2 aliphatic rings. The zero-order valence-electron chi connectivity index (χ0n) is 15.2. The predicted octanol–water partition coefficient (Wildman–Crippen LogP) is 5.80. The fourth-order valence-electron chi connectivity index (χ4n) is 4.84. The third kappa shape index (κ3) is 3.01. The molecule has 1 aromatic heterocycles. The number of aromatic nitrogens is 1. The van der Waals surface area contributed by atoms with Crippen LogP contribution in [0.2, 0.25) is 0 Å². The fourth-order valence-corrected chi connectivity index (χ4v) is 4.84. The molecule has 1 aromatic carbocycles. The van der Waals surface area contributed by atoms with E-state index in [0.29, 0.717) is 0 Å². The second-order valence-electron chi connectivity index (χ2n) is 8.00. The van der Waals surface area contributed by atoms with E-state index in [-0.39, 0.29) is 0 Å². The highest BCUT2D eigenvalue weighted by atomic mass is 14.9. The summed E-state index contributed by atoms with van der Waals surface area (Å²) in [5.41, 5.74) is 7.24. The monoisotopic (exact) mass is 320 g/mol. The number of benzene rings is 1. The van der Waals surface area contributed by atoms with Gasteiger partial charge in [-0.3, -0.25) is 0 Å². The van der Waals surface area contributed by atoms with Gasteiger partial charge in [-0.15, -0.1) is 0 Å². The van der Waals surface area contributed by atoms with Crippen molar-refractivity contribution < 1.29 is 4.57 Å². The minimum Gasteiger partial charge on any atom is -0.201 e. The molecule has 1 nitrogen and oxygen atoms in total. The van der Waals surface area contributed by atoms with Crippen LogP contribution in [0.15, 0.2) is 36.5 Å². The summed E-state index contributed by atoms with van der Waals surface area (Å²) in [4.78, 5) is 0. The van der Waals surface area contributed by atoms with Crippen LogP contribution < -0.4 is 4.57 Å². The molecule has 2 saturated carbocycles. The van der Waals surface area contributed by atoms with Crippen LogP contribution in [0.5, 0.6) is 0 Å². The molecule has 2 fully saturated rings. The molecule has 4 rings (SSSR count). The van der Waals surface area contributed by atoms with E-state index in [1.165, 1.54) is 73.8 Å². The molecule has 0 spiro atoms. The molecule has 0 amide bonds. The van der Waals surface area contributed by atoms with Gasteiger partial charge in [0.1, 0.15) is 7.05 Å². The van der Waals surface area contributed by atoms with Crippen LogP contribution in [0.4, 0.5) is 0 Å². The van der Waals surface area contributed by atoms with E-state index < -0.39 is 0 Å². The van der Waals surface area contributed by atoms with E-state index in [0.717, 1.165) is 11.8 Å². The molecule has 0 saturated heterocycles. The molecule has 1 heterocycles. The standard InChI is InChI=1S/C23H30N/c1-17-11-12-20(18-7-3-4-8-18)15-22(17)23-14-13-21(16-24(23)2)19-9-5-6-10-19/h11-16,18-19H,3-10H2,1-2H3/q+1. The highest BCUT2D eigenvalue weighted by Crippen LogP contribution is 2.37. The van der Waals surface area contributed by atoms with Crippen molar-refractivity contribution >= 4 is 0 Å². The van der Waals surface area contributed by atoms with Gasteiger partial charge in [-0.1, -0.05) is 37.8 Å². The smallest absolute Gasteiger partial charge is 0.201 e. The summed E-state index contributed by atoms with van der Waals surface area (Å²) >= 11 is 0. The molecule has 0 atom stereocenters. The number of rotatable bonds is 3. The van der Waals surface area contributed by atoms with Gasteiger partial charge in [0.05, 0.1) is 0 Å². The van der Waals surface area contributed by atoms with Crippen LogP contribution >= 0.6 is 0 Å². The van der Waals surface area contributed by atoms with Crippen LogP contribution in [0.1, 0.15) is 79.9 Å². The van der Waals surface area contributed by atoms with Gasteiger partial charge in [-0.25, -0.2) is 4.57 Å². The van der Waals surface area contributed by atoms with Crippen LogP contribution in [0, 0.1) is 6.92 Å². The SMILES string of the molecule is Cc1ccc(C2CCCC2)cc1-c1ccc(C2CCCC2)c[n+]1C. The molecular weight excluding hydrogens is 290 g/mol. The molecule has 24 heavy (non-hydrogen) atoms. The van der Waals surface area contributed by atoms with Crippen LogP contribution in [-0.4, -0.2) is 0 Å². The zero-order valence-corrected chi connectivity index (χ0v) is 15.2. The second kappa shape index (κ2) is 6.70. The first-order valence-electron chi connectivity index (χ1n) is 9.83. The highest BCUT2D eigenvalue weighted by Gasteiger charge is 2.23. The average molecular weight is 321 g/mol. The minimum absolute atomic E-state index is 0.785. The van der Waals surface area contributed by atoms with Crippen molar-refractivity contribution in [2.24, 2.45) is 7.05 Å². The van der Waals surface area contributed by atoms with E-state index in [9.17, 15) is 0 Å². The third-order valence-electron chi connectivity index (χ3n) is 6.35. The average Bonchev–Trinajstić information content (AvgIpc) is 3.29. The Labute approximate surface area is 146 Å². The molecule has 1 heteroatoms. The molecular formula is C23H30N+. The first kappa shape index (κ1) is 15.9. The summed E-state index contributed by atoms with van der Waals surface area (Å²) in [7, 11) is 2.22. The van der Waals surface area contributed by atoms with E-state index >= 15 is 0 Å². The van der Waals surface area contributed by atoms with Gasteiger partial charge < -0.3 is 0 Å². The Balaban J connectivity index is 1.68. The summed E-state index contributed by atoms with van der Waals surface area (Å²) in [6.07, 6.45) is 13.5. The number of nitrogens with zero attached hydrogens (tertiary/aromatic N) is 1. The number of hydrogen-bond acceptors (Lipinski definition) is 0. The molecule has 2 aliphatic carbocycles. The molecule has 0 N–H and O–H groups in total. The number of aryl methyl sites for hydroxylation is 2. The van der Waals surface area contributed by atoms with Gasteiger partial charge in [0.25, 0.3) is 0 Å². The first-order valence-corrected chi connectivity index (χ1v) is 9.83. The van der Waals surface area contributed by atoms with Gasteiger partial charge in [-0.2, -0.15) is 0 Å². The van der Waals surface area contributed by atoms with Gasteiger partial charge in [0.15, 0.2) is 6.20 Å².